The molecule has 0 aliphatic carbocycles. The van der Waals surface area contributed by atoms with Crippen molar-refractivity contribution in [2.24, 2.45) is 0 Å². The summed E-state index contributed by atoms with van der Waals surface area (Å²) >= 11 is 0. The van der Waals surface area contributed by atoms with E-state index in [2.05, 4.69) is 5.32 Å². The molecule has 0 spiro atoms. The smallest absolute Gasteiger partial charge is 0.125 e. The molecule has 2 aromatic carbocycles. The third-order valence-electron chi connectivity index (χ3n) is 3.30. The van der Waals surface area contributed by atoms with Gasteiger partial charge in [0.1, 0.15) is 11.6 Å². The molecule has 0 amide bonds. The number of halogens is 2. The lowest BCUT2D eigenvalue weighted by atomic mass is 10.1. The average Bonchev–Trinajstić information content (AvgIpc) is 2.47. The fraction of sp³-hybridized carbons (Fsp3) is 0.294. The highest BCUT2D eigenvalue weighted by molar-refractivity contribution is 5.49. The van der Waals surface area contributed by atoms with Crippen LogP contribution < -0.4 is 10.2 Å². The average molecular weight is 290 g/mol. The van der Waals surface area contributed by atoms with Crippen molar-refractivity contribution < 1.29 is 8.78 Å². The van der Waals surface area contributed by atoms with Crippen LogP contribution in [0.1, 0.15) is 18.1 Å². The first-order valence-corrected chi connectivity index (χ1v) is 7.04. The monoisotopic (exact) mass is 290 g/mol. The zero-order valence-corrected chi connectivity index (χ0v) is 12.4. The van der Waals surface area contributed by atoms with Crippen LogP contribution in [0, 0.1) is 11.6 Å². The zero-order chi connectivity index (χ0) is 15.2. The van der Waals surface area contributed by atoms with Crippen LogP contribution in [0.15, 0.2) is 42.5 Å². The summed E-state index contributed by atoms with van der Waals surface area (Å²) in [5, 5.41) is 3.19. The van der Waals surface area contributed by atoms with E-state index in [9.17, 15) is 8.78 Å². The number of hydrogen-bond donors (Lipinski definition) is 1. The highest BCUT2D eigenvalue weighted by Crippen LogP contribution is 2.19. The van der Waals surface area contributed by atoms with Gasteiger partial charge in [0, 0.05) is 25.8 Å². The van der Waals surface area contributed by atoms with Gasteiger partial charge in [-0.3, -0.25) is 0 Å². The molecule has 2 rings (SSSR count). The number of nitrogens with zero attached hydrogens (tertiary/aromatic N) is 1. The second-order valence-corrected chi connectivity index (χ2v) is 5.08. The molecule has 0 saturated carbocycles. The fourth-order valence-corrected chi connectivity index (χ4v) is 2.18. The van der Waals surface area contributed by atoms with Crippen LogP contribution in [-0.2, 0) is 13.1 Å². The van der Waals surface area contributed by atoms with Crippen molar-refractivity contribution in [3.63, 3.8) is 0 Å². The van der Waals surface area contributed by atoms with Crippen molar-refractivity contribution in [1.82, 2.24) is 5.32 Å². The Morgan fingerprint density at radius 1 is 0.952 bits per heavy atom. The van der Waals surface area contributed by atoms with Crippen molar-refractivity contribution in [3.05, 3.63) is 65.2 Å². The fourth-order valence-electron chi connectivity index (χ4n) is 2.18. The first-order chi connectivity index (χ1) is 10.1. The molecule has 0 aliphatic rings. The molecule has 112 valence electrons. The van der Waals surface area contributed by atoms with Crippen molar-refractivity contribution in [1.29, 1.82) is 0 Å². The lowest BCUT2D eigenvalue weighted by Gasteiger charge is -2.20. The van der Waals surface area contributed by atoms with Gasteiger partial charge in [-0.25, -0.2) is 8.78 Å². The lowest BCUT2D eigenvalue weighted by molar-refractivity contribution is 0.621. The number of anilines is 1. The van der Waals surface area contributed by atoms with Crippen LogP contribution in [0.5, 0.6) is 0 Å². The van der Waals surface area contributed by atoms with Gasteiger partial charge in [0.15, 0.2) is 0 Å². The molecule has 0 aromatic heterocycles. The molecule has 2 aromatic rings. The van der Waals surface area contributed by atoms with Crippen molar-refractivity contribution in [3.8, 4) is 0 Å². The molecule has 0 saturated heterocycles. The number of nitrogens with one attached hydrogen (secondary N) is 1. The van der Waals surface area contributed by atoms with Crippen molar-refractivity contribution >= 4 is 5.69 Å². The minimum Gasteiger partial charge on any atom is -0.370 e. The summed E-state index contributed by atoms with van der Waals surface area (Å²) in [5.74, 6) is -0.494. The van der Waals surface area contributed by atoms with Crippen LogP contribution in [-0.4, -0.2) is 13.6 Å². The van der Waals surface area contributed by atoms with E-state index in [1.807, 2.05) is 24.9 Å². The van der Waals surface area contributed by atoms with Gasteiger partial charge in [0.05, 0.1) is 0 Å². The topological polar surface area (TPSA) is 15.3 Å². The van der Waals surface area contributed by atoms with Gasteiger partial charge in [-0.1, -0.05) is 19.1 Å². The predicted molar refractivity (Wildman–Crippen MR) is 82.3 cm³/mol. The van der Waals surface area contributed by atoms with Crippen LogP contribution in [0.3, 0.4) is 0 Å². The third kappa shape index (κ3) is 4.53. The summed E-state index contributed by atoms with van der Waals surface area (Å²) in [6.45, 7) is 4.11. The number of hydrogen-bond acceptors (Lipinski definition) is 2. The first-order valence-electron chi connectivity index (χ1n) is 7.04. The molecule has 1 N–H and O–H groups in total. The van der Waals surface area contributed by atoms with E-state index in [-0.39, 0.29) is 11.6 Å². The van der Waals surface area contributed by atoms with Gasteiger partial charge in [-0.2, -0.15) is 0 Å². The molecule has 0 unspecified atom stereocenters. The zero-order valence-electron chi connectivity index (χ0n) is 12.4. The largest absolute Gasteiger partial charge is 0.370 e. The van der Waals surface area contributed by atoms with Crippen LogP contribution >= 0.6 is 0 Å². The Morgan fingerprint density at radius 2 is 1.67 bits per heavy atom. The van der Waals surface area contributed by atoms with Gasteiger partial charge >= 0.3 is 0 Å². The summed E-state index contributed by atoms with van der Waals surface area (Å²) in [6.07, 6.45) is 0. The quantitative estimate of drug-likeness (QED) is 0.872. The van der Waals surface area contributed by atoms with E-state index in [0.717, 1.165) is 23.4 Å². The maximum atomic E-state index is 13.7. The summed E-state index contributed by atoms with van der Waals surface area (Å²) in [4.78, 5) is 1.95. The van der Waals surface area contributed by atoms with E-state index in [1.165, 1.54) is 24.3 Å². The molecule has 4 heteroatoms. The number of rotatable bonds is 6. The predicted octanol–water partition coefficient (Wildman–Crippen LogP) is 3.71. The molecule has 0 bridgehead atoms. The molecule has 0 aliphatic heterocycles. The van der Waals surface area contributed by atoms with E-state index in [4.69, 9.17) is 0 Å². The van der Waals surface area contributed by atoms with Crippen molar-refractivity contribution in [2.75, 3.05) is 18.5 Å². The van der Waals surface area contributed by atoms with Crippen molar-refractivity contribution in [2.45, 2.75) is 20.0 Å². The molecule has 0 atom stereocenters. The van der Waals surface area contributed by atoms with Crippen LogP contribution in [0.4, 0.5) is 14.5 Å². The Balaban J connectivity index is 2.12. The Kier molecular flexibility index (Phi) is 5.28. The van der Waals surface area contributed by atoms with E-state index < -0.39 is 0 Å². The molecule has 0 fully saturated rings. The summed E-state index contributed by atoms with van der Waals surface area (Å²) in [7, 11) is 1.90. The molecule has 0 heterocycles. The second kappa shape index (κ2) is 7.18. The Labute approximate surface area is 124 Å². The van der Waals surface area contributed by atoms with Gasteiger partial charge in [0.2, 0.25) is 0 Å². The number of benzene rings is 2. The molecular weight excluding hydrogens is 270 g/mol. The minimum absolute atomic E-state index is 0.244. The van der Waals surface area contributed by atoms with E-state index in [1.54, 1.807) is 12.1 Å². The minimum atomic E-state index is -0.250. The second-order valence-electron chi connectivity index (χ2n) is 5.08. The summed E-state index contributed by atoms with van der Waals surface area (Å²) in [5.41, 5.74) is 2.71. The van der Waals surface area contributed by atoms with Gasteiger partial charge in [-0.05, 0) is 48.0 Å². The Morgan fingerprint density at radius 3 is 2.33 bits per heavy atom. The molecule has 21 heavy (non-hydrogen) atoms. The summed E-state index contributed by atoms with van der Waals surface area (Å²) in [6, 6.07) is 11.4. The third-order valence-corrected chi connectivity index (χ3v) is 3.30. The van der Waals surface area contributed by atoms with E-state index >= 15 is 0 Å². The van der Waals surface area contributed by atoms with Crippen LogP contribution in [0.25, 0.3) is 0 Å². The highest BCUT2D eigenvalue weighted by Gasteiger charge is 2.06. The Hall–Kier alpha value is -1.94. The van der Waals surface area contributed by atoms with E-state index in [0.29, 0.717) is 13.1 Å². The summed E-state index contributed by atoms with van der Waals surface area (Å²) < 4.78 is 26.6. The van der Waals surface area contributed by atoms with Crippen LogP contribution in [0.2, 0.25) is 0 Å². The highest BCUT2D eigenvalue weighted by atomic mass is 19.1. The molecule has 0 radical (unpaired) electrons. The standard InChI is InChI=1S/C17H20F2N2/c1-3-20-11-14-8-16(19)10-17(9-14)21(2)12-13-4-6-15(18)7-5-13/h4-10,20H,3,11-12H2,1-2H3. The lowest BCUT2D eigenvalue weighted by Crippen LogP contribution is -2.18. The molecular formula is C17H20F2N2. The molecule has 2 nitrogen and oxygen atoms in total. The SMILES string of the molecule is CCNCc1cc(F)cc(N(C)Cc2ccc(F)cc2)c1. The van der Waals surface area contributed by atoms with Gasteiger partial charge in [-0.15, -0.1) is 0 Å². The Bertz CT molecular complexity index is 582. The van der Waals surface area contributed by atoms with Gasteiger partial charge in [0.25, 0.3) is 0 Å². The maximum absolute atomic E-state index is 13.7. The maximum Gasteiger partial charge on any atom is 0.125 e. The normalized spacial score (nSPS) is 10.7. The first kappa shape index (κ1) is 15.4. The van der Waals surface area contributed by atoms with Gasteiger partial charge < -0.3 is 10.2 Å².